The van der Waals surface area contributed by atoms with E-state index in [2.05, 4.69) is 39.0 Å². The van der Waals surface area contributed by atoms with Crippen LogP contribution < -0.4 is 11.3 Å². The Balaban J connectivity index is 2.27. The normalized spacial score (nSPS) is 21.5. The number of hydrogen-bond donors (Lipinski definition) is 2. The Kier molecular flexibility index (Phi) is 2.49. The van der Waals surface area contributed by atoms with Gasteiger partial charge in [0.05, 0.1) is 6.04 Å². The molecule has 1 fully saturated rings. The number of hydrogen-bond acceptors (Lipinski definition) is 3. The van der Waals surface area contributed by atoms with Crippen LogP contribution in [0.2, 0.25) is 0 Å². The average molecular weight is 261 g/mol. The Morgan fingerprint density at radius 2 is 2.31 bits per heavy atom. The Morgan fingerprint density at radius 3 is 2.69 bits per heavy atom. The van der Waals surface area contributed by atoms with Crippen molar-refractivity contribution in [3.63, 3.8) is 0 Å². The highest BCUT2D eigenvalue weighted by molar-refractivity contribution is 9.10. The second-order valence-corrected chi connectivity index (χ2v) is 5.53. The van der Waals surface area contributed by atoms with E-state index in [9.17, 15) is 0 Å². The van der Waals surface area contributed by atoms with Crippen molar-refractivity contribution in [2.75, 3.05) is 0 Å². The molecule has 2 nitrogen and oxygen atoms in total. The maximum absolute atomic E-state index is 5.59. The minimum atomic E-state index is 0.299. The van der Waals surface area contributed by atoms with Gasteiger partial charge in [-0.1, -0.05) is 6.92 Å². The fraction of sp³-hybridized carbons (Fsp3) is 0.556. The molecule has 1 aliphatic carbocycles. The van der Waals surface area contributed by atoms with Crippen molar-refractivity contribution >= 4 is 27.3 Å². The summed E-state index contributed by atoms with van der Waals surface area (Å²) in [6.45, 7) is 2.28. The summed E-state index contributed by atoms with van der Waals surface area (Å²) in [5.41, 5.74) is 4.60. The van der Waals surface area contributed by atoms with Gasteiger partial charge in [0.1, 0.15) is 0 Å². The Labute approximate surface area is 90.6 Å². The van der Waals surface area contributed by atoms with Crippen LogP contribution in [0.3, 0.4) is 0 Å². The summed E-state index contributed by atoms with van der Waals surface area (Å²) in [7, 11) is 0. The zero-order chi connectivity index (χ0) is 9.47. The van der Waals surface area contributed by atoms with Gasteiger partial charge in [0.25, 0.3) is 0 Å². The van der Waals surface area contributed by atoms with Crippen LogP contribution in [-0.2, 0) is 0 Å². The quantitative estimate of drug-likeness (QED) is 0.648. The molecule has 1 unspecified atom stereocenters. The van der Waals surface area contributed by atoms with Gasteiger partial charge in [-0.3, -0.25) is 11.3 Å². The Hall–Kier alpha value is 0.100. The molecular formula is C9H13BrN2S. The number of hydrazine groups is 1. The maximum Gasteiger partial charge on any atom is 0.0533 e. The standard InChI is InChI=1S/C9H13BrN2S/c1-9(2-3-9)8(12-11)6-4-13-5-7(6)10/h4-5,8,12H,2-3,11H2,1H3. The first-order valence-electron chi connectivity index (χ1n) is 4.35. The summed E-state index contributed by atoms with van der Waals surface area (Å²) in [5.74, 6) is 5.59. The SMILES string of the molecule is CC1(C(NN)c2cscc2Br)CC1. The molecule has 13 heavy (non-hydrogen) atoms. The van der Waals surface area contributed by atoms with Crippen LogP contribution in [0.4, 0.5) is 0 Å². The van der Waals surface area contributed by atoms with Gasteiger partial charge in [0.15, 0.2) is 0 Å². The van der Waals surface area contributed by atoms with E-state index >= 15 is 0 Å². The zero-order valence-electron chi connectivity index (χ0n) is 7.51. The molecule has 1 aromatic heterocycles. The zero-order valence-corrected chi connectivity index (χ0v) is 9.91. The van der Waals surface area contributed by atoms with Crippen LogP contribution in [0.25, 0.3) is 0 Å². The van der Waals surface area contributed by atoms with Crippen molar-refractivity contribution in [3.8, 4) is 0 Å². The summed E-state index contributed by atoms with van der Waals surface area (Å²) in [4.78, 5) is 0. The molecule has 72 valence electrons. The molecule has 1 aromatic rings. The molecular weight excluding hydrogens is 248 g/mol. The van der Waals surface area contributed by atoms with E-state index in [1.807, 2.05) is 0 Å². The molecule has 3 N–H and O–H groups in total. The van der Waals surface area contributed by atoms with Crippen LogP contribution >= 0.6 is 27.3 Å². The number of rotatable bonds is 3. The minimum absolute atomic E-state index is 0.299. The van der Waals surface area contributed by atoms with Crippen molar-refractivity contribution in [2.24, 2.45) is 11.3 Å². The van der Waals surface area contributed by atoms with Gasteiger partial charge in [0, 0.05) is 9.85 Å². The van der Waals surface area contributed by atoms with Gasteiger partial charge >= 0.3 is 0 Å². The molecule has 0 radical (unpaired) electrons. The Morgan fingerprint density at radius 1 is 1.62 bits per heavy atom. The van der Waals surface area contributed by atoms with Gasteiger partial charge in [-0.15, -0.1) is 0 Å². The molecule has 1 atom stereocenters. The third kappa shape index (κ3) is 1.68. The molecule has 0 bridgehead atoms. The third-order valence-corrected chi connectivity index (χ3v) is 4.61. The summed E-state index contributed by atoms with van der Waals surface area (Å²) >= 11 is 5.25. The fourth-order valence-electron chi connectivity index (χ4n) is 1.65. The topological polar surface area (TPSA) is 38.0 Å². The fourth-order valence-corrected chi connectivity index (χ4v) is 3.20. The van der Waals surface area contributed by atoms with Gasteiger partial charge in [-0.2, -0.15) is 11.3 Å². The largest absolute Gasteiger partial charge is 0.271 e. The second kappa shape index (κ2) is 3.35. The summed E-state index contributed by atoms with van der Waals surface area (Å²) in [6.07, 6.45) is 2.54. The van der Waals surface area contributed by atoms with Crippen LogP contribution in [0.1, 0.15) is 31.4 Å². The Bertz CT molecular complexity index is 306. The highest BCUT2D eigenvalue weighted by Gasteiger charge is 2.45. The van der Waals surface area contributed by atoms with Gasteiger partial charge < -0.3 is 0 Å². The first kappa shape index (κ1) is 9.65. The van der Waals surface area contributed by atoms with E-state index < -0.39 is 0 Å². The predicted molar refractivity (Wildman–Crippen MR) is 59.4 cm³/mol. The van der Waals surface area contributed by atoms with Crippen LogP contribution in [0.5, 0.6) is 0 Å². The highest BCUT2D eigenvalue weighted by Crippen LogP contribution is 2.55. The van der Waals surface area contributed by atoms with Crippen molar-refractivity contribution < 1.29 is 0 Å². The molecule has 0 aromatic carbocycles. The molecule has 1 aliphatic rings. The first-order chi connectivity index (χ1) is 6.17. The average Bonchev–Trinajstić information content (AvgIpc) is 2.69. The van der Waals surface area contributed by atoms with Crippen molar-refractivity contribution in [1.82, 2.24) is 5.43 Å². The summed E-state index contributed by atoms with van der Waals surface area (Å²) in [6, 6.07) is 0.299. The first-order valence-corrected chi connectivity index (χ1v) is 6.09. The highest BCUT2D eigenvalue weighted by atomic mass is 79.9. The summed E-state index contributed by atoms with van der Waals surface area (Å²) < 4.78 is 1.17. The number of nitrogens with two attached hydrogens (primary N) is 1. The van der Waals surface area contributed by atoms with Gasteiger partial charge in [-0.25, -0.2) is 0 Å². The van der Waals surface area contributed by atoms with E-state index in [0.717, 1.165) is 0 Å². The lowest BCUT2D eigenvalue weighted by Gasteiger charge is -2.22. The van der Waals surface area contributed by atoms with Gasteiger partial charge in [-0.05, 0) is 45.1 Å². The van der Waals surface area contributed by atoms with E-state index in [4.69, 9.17) is 5.84 Å². The van der Waals surface area contributed by atoms with Gasteiger partial charge in [0.2, 0.25) is 0 Å². The lowest BCUT2D eigenvalue weighted by atomic mass is 9.94. The predicted octanol–water partition coefficient (Wildman–Crippen LogP) is 2.82. The molecule has 0 amide bonds. The molecule has 1 saturated carbocycles. The smallest absolute Gasteiger partial charge is 0.0533 e. The number of thiophene rings is 1. The molecule has 0 saturated heterocycles. The number of nitrogens with one attached hydrogen (secondary N) is 1. The number of halogens is 1. The molecule has 4 heteroatoms. The second-order valence-electron chi connectivity index (χ2n) is 3.93. The van der Waals surface area contributed by atoms with Crippen LogP contribution in [0, 0.1) is 5.41 Å². The van der Waals surface area contributed by atoms with Crippen LogP contribution in [-0.4, -0.2) is 0 Å². The third-order valence-electron chi connectivity index (χ3n) is 2.86. The van der Waals surface area contributed by atoms with Crippen LogP contribution in [0.15, 0.2) is 15.2 Å². The molecule has 1 heterocycles. The lowest BCUT2D eigenvalue weighted by Crippen LogP contribution is -2.33. The molecule has 0 aliphatic heterocycles. The monoisotopic (exact) mass is 260 g/mol. The van der Waals surface area contributed by atoms with E-state index in [1.165, 1.54) is 22.9 Å². The minimum Gasteiger partial charge on any atom is -0.271 e. The van der Waals surface area contributed by atoms with Crippen molar-refractivity contribution in [2.45, 2.75) is 25.8 Å². The molecule has 2 rings (SSSR count). The van der Waals surface area contributed by atoms with E-state index in [0.29, 0.717) is 11.5 Å². The maximum atomic E-state index is 5.59. The lowest BCUT2D eigenvalue weighted by molar-refractivity contribution is 0.372. The van der Waals surface area contributed by atoms with E-state index in [-0.39, 0.29) is 0 Å². The van der Waals surface area contributed by atoms with E-state index in [1.54, 1.807) is 11.3 Å². The molecule has 0 spiro atoms. The van der Waals surface area contributed by atoms with Crippen molar-refractivity contribution in [3.05, 3.63) is 20.8 Å². The summed E-state index contributed by atoms with van der Waals surface area (Å²) in [5, 5.41) is 4.27. The van der Waals surface area contributed by atoms with Crippen molar-refractivity contribution in [1.29, 1.82) is 0 Å².